The van der Waals surface area contributed by atoms with E-state index in [1.54, 1.807) is 0 Å². The maximum absolute atomic E-state index is 5.81. The maximum atomic E-state index is 5.81. The second-order valence-electron chi connectivity index (χ2n) is 3.96. The molecule has 2 aromatic carbocycles. The smallest absolute Gasteiger partial charge is 0.227 e. The van der Waals surface area contributed by atoms with Crippen molar-refractivity contribution in [1.82, 2.24) is 4.98 Å². The van der Waals surface area contributed by atoms with Gasteiger partial charge in [0, 0.05) is 10.0 Å². The third-order valence-electron chi connectivity index (χ3n) is 2.66. The Morgan fingerprint density at radius 1 is 1.12 bits per heavy atom. The van der Waals surface area contributed by atoms with E-state index in [1.165, 1.54) is 0 Å². The lowest BCUT2D eigenvalue weighted by atomic mass is 10.2. The largest absolute Gasteiger partial charge is 0.436 e. The van der Waals surface area contributed by atoms with Gasteiger partial charge in [-0.3, -0.25) is 0 Å². The highest BCUT2D eigenvalue weighted by atomic mass is 79.9. The number of rotatable bonds is 1. The quantitative estimate of drug-likeness (QED) is 0.655. The predicted octanol–water partition coefficient (Wildman–Crippen LogP) is 4.57. The van der Waals surface area contributed by atoms with Gasteiger partial charge < -0.3 is 4.42 Å². The molecule has 0 aliphatic heterocycles. The minimum atomic E-state index is 0.668. The third kappa shape index (κ3) is 1.87. The number of hydrogen-bond donors (Lipinski definition) is 0. The lowest BCUT2D eigenvalue weighted by Crippen LogP contribution is -1.75. The van der Waals surface area contributed by atoms with Crippen molar-refractivity contribution in [1.29, 1.82) is 0 Å². The van der Waals surface area contributed by atoms with Gasteiger partial charge in [0.1, 0.15) is 5.52 Å². The van der Waals surface area contributed by atoms with Crippen LogP contribution in [0, 0.1) is 6.92 Å². The Labute approximate surface area is 107 Å². The van der Waals surface area contributed by atoms with Crippen LogP contribution in [0.5, 0.6) is 0 Å². The number of benzene rings is 2. The van der Waals surface area contributed by atoms with E-state index in [9.17, 15) is 0 Å². The molecule has 3 aromatic rings. The summed E-state index contributed by atoms with van der Waals surface area (Å²) in [5.74, 6) is 0.668. The van der Waals surface area contributed by atoms with Gasteiger partial charge in [-0.25, -0.2) is 4.98 Å². The fraction of sp³-hybridized carbons (Fsp3) is 0.0714. The lowest BCUT2D eigenvalue weighted by Gasteiger charge is -1.94. The Morgan fingerprint density at radius 3 is 2.65 bits per heavy atom. The molecule has 0 atom stereocenters. The summed E-state index contributed by atoms with van der Waals surface area (Å²) in [6, 6.07) is 13.9. The molecule has 0 radical (unpaired) electrons. The van der Waals surface area contributed by atoms with Crippen LogP contribution in [0.2, 0.25) is 0 Å². The highest BCUT2D eigenvalue weighted by Gasteiger charge is 2.10. The maximum Gasteiger partial charge on any atom is 0.227 e. The van der Waals surface area contributed by atoms with Crippen molar-refractivity contribution in [2.45, 2.75) is 6.92 Å². The van der Waals surface area contributed by atoms with E-state index < -0.39 is 0 Å². The number of halogens is 1. The molecule has 2 nitrogen and oxygen atoms in total. The molecule has 1 heterocycles. The van der Waals surface area contributed by atoms with E-state index >= 15 is 0 Å². The van der Waals surface area contributed by atoms with E-state index in [-0.39, 0.29) is 0 Å². The van der Waals surface area contributed by atoms with Gasteiger partial charge in [-0.15, -0.1) is 0 Å². The Morgan fingerprint density at radius 2 is 1.88 bits per heavy atom. The molecular formula is C14H10BrNO. The Balaban J connectivity index is 2.24. The zero-order chi connectivity index (χ0) is 11.8. The first-order valence-corrected chi connectivity index (χ1v) is 6.15. The van der Waals surface area contributed by atoms with Gasteiger partial charge in [0.25, 0.3) is 0 Å². The highest BCUT2D eigenvalue weighted by Crippen LogP contribution is 2.28. The van der Waals surface area contributed by atoms with Crippen molar-refractivity contribution < 1.29 is 4.42 Å². The molecule has 17 heavy (non-hydrogen) atoms. The molecule has 0 aliphatic carbocycles. The SMILES string of the molecule is Cc1cc(Br)cc2nc(-c3ccccc3)oc12. The van der Waals surface area contributed by atoms with E-state index in [0.29, 0.717) is 5.89 Å². The molecular weight excluding hydrogens is 278 g/mol. The molecule has 84 valence electrons. The minimum absolute atomic E-state index is 0.668. The van der Waals surface area contributed by atoms with Crippen LogP contribution >= 0.6 is 15.9 Å². The predicted molar refractivity (Wildman–Crippen MR) is 71.9 cm³/mol. The van der Waals surface area contributed by atoms with Crippen LogP contribution in [0.1, 0.15) is 5.56 Å². The first kappa shape index (κ1) is 10.5. The van der Waals surface area contributed by atoms with E-state index in [4.69, 9.17) is 4.42 Å². The molecule has 0 amide bonds. The van der Waals surface area contributed by atoms with Crippen molar-refractivity contribution in [3.8, 4) is 11.5 Å². The number of oxazole rings is 1. The Hall–Kier alpha value is -1.61. The van der Waals surface area contributed by atoms with Gasteiger partial charge in [0.15, 0.2) is 5.58 Å². The molecule has 1 aromatic heterocycles. The Bertz CT molecular complexity index is 673. The van der Waals surface area contributed by atoms with Crippen molar-refractivity contribution in [3.05, 3.63) is 52.5 Å². The van der Waals surface area contributed by atoms with Crippen molar-refractivity contribution in [3.63, 3.8) is 0 Å². The average Bonchev–Trinajstić information content (AvgIpc) is 2.74. The van der Waals surface area contributed by atoms with E-state index in [0.717, 1.165) is 26.7 Å². The summed E-state index contributed by atoms with van der Waals surface area (Å²) in [6.45, 7) is 2.02. The summed E-state index contributed by atoms with van der Waals surface area (Å²) in [6.07, 6.45) is 0. The molecule has 0 saturated heterocycles. The van der Waals surface area contributed by atoms with Crippen LogP contribution in [-0.4, -0.2) is 4.98 Å². The van der Waals surface area contributed by atoms with Gasteiger partial charge in [-0.2, -0.15) is 0 Å². The van der Waals surface area contributed by atoms with Crippen molar-refractivity contribution in [2.24, 2.45) is 0 Å². The zero-order valence-electron chi connectivity index (χ0n) is 9.27. The molecule has 0 spiro atoms. The summed E-state index contributed by atoms with van der Waals surface area (Å²) in [4.78, 5) is 4.51. The first-order chi connectivity index (χ1) is 8.24. The molecule has 3 rings (SSSR count). The summed E-state index contributed by atoms with van der Waals surface area (Å²) < 4.78 is 6.83. The van der Waals surface area contributed by atoms with Crippen LogP contribution in [0.25, 0.3) is 22.6 Å². The molecule has 0 saturated carbocycles. The summed E-state index contributed by atoms with van der Waals surface area (Å²) in [5.41, 5.74) is 3.83. The van der Waals surface area contributed by atoms with Gasteiger partial charge in [-0.1, -0.05) is 34.1 Å². The van der Waals surface area contributed by atoms with Gasteiger partial charge in [-0.05, 0) is 36.8 Å². The first-order valence-electron chi connectivity index (χ1n) is 5.36. The molecule has 3 heteroatoms. The second kappa shape index (κ2) is 4.00. The van der Waals surface area contributed by atoms with Crippen LogP contribution < -0.4 is 0 Å². The summed E-state index contributed by atoms with van der Waals surface area (Å²) in [7, 11) is 0. The van der Waals surface area contributed by atoms with Gasteiger partial charge >= 0.3 is 0 Å². The average molecular weight is 288 g/mol. The van der Waals surface area contributed by atoms with Crippen molar-refractivity contribution in [2.75, 3.05) is 0 Å². The number of aromatic nitrogens is 1. The molecule has 0 N–H and O–H groups in total. The number of aryl methyl sites for hydroxylation is 1. The molecule has 0 unspecified atom stereocenters. The molecule has 0 aliphatic rings. The highest BCUT2D eigenvalue weighted by molar-refractivity contribution is 9.10. The fourth-order valence-corrected chi connectivity index (χ4v) is 2.42. The van der Waals surface area contributed by atoms with Crippen LogP contribution in [0.15, 0.2) is 51.4 Å². The molecule has 0 bridgehead atoms. The zero-order valence-corrected chi connectivity index (χ0v) is 10.9. The van der Waals surface area contributed by atoms with E-state index in [2.05, 4.69) is 20.9 Å². The topological polar surface area (TPSA) is 26.0 Å². The number of fused-ring (bicyclic) bond motifs is 1. The summed E-state index contributed by atoms with van der Waals surface area (Å²) in [5, 5.41) is 0. The van der Waals surface area contributed by atoms with Gasteiger partial charge in [0.2, 0.25) is 5.89 Å². The van der Waals surface area contributed by atoms with Crippen LogP contribution in [-0.2, 0) is 0 Å². The standard InChI is InChI=1S/C14H10BrNO/c1-9-7-11(15)8-12-13(9)17-14(16-12)10-5-3-2-4-6-10/h2-8H,1H3. The number of nitrogens with zero attached hydrogens (tertiary/aromatic N) is 1. The van der Waals surface area contributed by atoms with Gasteiger partial charge in [0.05, 0.1) is 0 Å². The van der Waals surface area contributed by atoms with Crippen molar-refractivity contribution >= 4 is 27.0 Å². The monoisotopic (exact) mass is 287 g/mol. The van der Waals surface area contributed by atoms with Crippen LogP contribution in [0.3, 0.4) is 0 Å². The fourth-order valence-electron chi connectivity index (χ4n) is 1.86. The minimum Gasteiger partial charge on any atom is -0.436 e. The van der Waals surface area contributed by atoms with Crippen LogP contribution in [0.4, 0.5) is 0 Å². The molecule has 0 fully saturated rings. The number of hydrogen-bond acceptors (Lipinski definition) is 2. The second-order valence-corrected chi connectivity index (χ2v) is 4.87. The third-order valence-corrected chi connectivity index (χ3v) is 3.12. The Kier molecular flexibility index (Phi) is 2.48. The summed E-state index contributed by atoms with van der Waals surface area (Å²) >= 11 is 3.47. The van der Waals surface area contributed by atoms with E-state index in [1.807, 2.05) is 49.4 Å². The lowest BCUT2D eigenvalue weighted by molar-refractivity contribution is 0.617. The normalized spacial score (nSPS) is 10.9.